The zero-order valence-corrected chi connectivity index (χ0v) is 14.7. The summed E-state index contributed by atoms with van der Waals surface area (Å²) in [7, 11) is 0. The number of benzene rings is 1. The molecule has 25 heavy (non-hydrogen) atoms. The van der Waals surface area contributed by atoms with E-state index in [0.29, 0.717) is 12.0 Å². The number of rotatable bonds is 8. The third-order valence-corrected chi connectivity index (χ3v) is 4.90. The van der Waals surface area contributed by atoms with Crippen molar-refractivity contribution < 1.29 is 4.74 Å². The van der Waals surface area contributed by atoms with Crippen molar-refractivity contribution in [2.75, 3.05) is 18.5 Å². The van der Waals surface area contributed by atoms with Gasteiger partial charge in [-0.1, -0.05) is 43.0 Å². The summed E-state index contributed by atoms with van der Waals surface area (Å²) in [6, 6.07) is 10.6. The van der Waals surface area contributed by atoms with Gasteiger partial charge in [0.15, 0.2) is 0 Å². The maximum atomic E-state index is 6.08. The minimum atomic E-state index is 0.419. The number of aromatic nitrogens is 2. The van der Waals surface area contributed by atoms with Crippen molar-refractivity contribution in [3.63, 3.8) is 0 Å². The molecule has 0 amide bonds. The second-order valence-electron chi connectivity index (χ2n) is 6.66. The standard InChI is InChI=1S/C21H27N3O/c1-2-19-15-22-16-24-21(19)23-14-18-8-10-20(11-9-18)25-13-12-17-6-4-3-5-7-17/h2-7,15-16,18,20H,1,8-14H2,(H,22,23,24). The van der Waals surface area contributed by atoms with E-state index in [1.807, 2.05) is 0 Å². The third-order valence-electron chi connectivity index (χ3n) is 4.90. The van der Waals surface area contributed by atoms with Gasteiger partial charge in [-0.15, -0.1) is 0 Å². The van der Waals surface area contributed by atoms with E-state index in [1.165, 1.54) is 18.4 Å². The Morgan fingerprint density at radius 2 is 1.96 bits per heavy atom. The third kappa shape index (κ3) is 5.40. The summed E-state index contributed by atoms with van der Waals surface area (Å²) in [4.78, 5) is 8.33. The molecule has 1 saturated carbocycles. The van der Waals surface area contributed by atoms with Crippen LogP contribution in [0.3, 0.4) is 0 Å². The summed E-state index contributed by atoms with van der Waals surface area (Å²) < 4.78 is 6.08. The highest BCUT2D eigenvalue weighted by Gasteiger charge is 2.21. The molecule has 1 heterocycles. The lowest BCUT2D eigenvalue weighted by molar-refractivity contribution is 0.0211. The van der Waals surface area contributed by atoms with Gasteiger partial charge in [-0.3, -0.25) is 0 Å². The van der Waals surface area contributed by atoms with Crippen LogP contribution < -0.4 is 5.32 Å². The van der Waals surface area contributed by atoms with E-state index in [2.05, 4.69) is 52.2 Å². The van der Waals surface area contributed by atoms with Crippen molar-refractivity contribution in [1.82, 2.24) is 9.97 Å². The predicted molar refractivity (Wildman–Crippen MR) is 102 cm³/mol. The Labute approximate surface area is 150 Å². The highest BCUT2D eigenvalue weighted by atomic mass is 16.5. The molecule has 2 aromatic rings. The molecule has 4 nitrogen and oxygen atoms in total. The van der Waals surface area contributed by atoms with Crippen LogP contribution in [0.4, 0.5) is 5.82 Å². The van der Waals surface area contributed by atoms with Crippen LogP contribution in [0.2, 0.25) is 0 Å². The SMILES string of the molecule is C=Cc1cncnc1NCC1CCC(OCCc2ccccc2)CC1. The van der Waals surface area contributed by atoms with Gasteiger partial charge >= 0.3 is 0 Å². The van der Waals surface area contributed by atoms with Gasteiger partial charge in [0.2, 0.25) is 0 Å². The number of ether oxygens (including phenoxy) is 1. The Morgan fingerprint density at radius 3 is 2.72 bits per heavy atom. The molecule has 1 fully saturated rings. The minimum Gasteiger partial charge on any atom is -0.378 e. The summed E-state index contributed by atoms with van der Waals surface area (Å²) in [5.41, 5.74) is 2.31. The lowest BCUT2D eigenvalue weighted by Gasteiger charge is -2.29. The molecular formula is C21H27N3O. The molecule has 0 saturated heterocycles. The second kappa shape index (κ2) is 9.33. The maximum Gasteiger partial charge on any atom is 0.136 e. The summed E-state index contributed by atoms with van der Waals surface area (Å²) in [5.74, 6) is 1.56. The number of nitrogens with zero attached hydrogens (tertiary/aromatic N) is 2. The predicted octanol–water partition coefficient (Wildman–Crippen LogP) is 4.35. The first-order valence-corrected chi connectivity index (χ1v) is 9.17. The van der Waals surface area contributed by atoms with Crippen molar-refractivity contribution in [3.8, 4) is 0 Å². The average Bonchev–Trinajstić information content (AvgIpc) is 2.68. The van der Waals surface area contributed by atoms with Crippen LogP contribution in [0.1, 0.15) is 36.8 Å². The van der Waals surface area contributed by atoms with Gasteiger partial charge in [0.05, 0.1) is 12.7 Å². The first-order chi connectivity index (χ1) is 12.3. The topological polar surface area (TPSA) is 47.0 Å². The van der Waals surface area contributed by atoms with E-state index in [1.54, 1.807) is 18.6 Å². The largest absolute Gasteiger partial charge is 0.378 e. The van der Waals surface area contributed by atoms with Crippen LogP contribution in [0.15, 0.2) is 49.4 Å². The molecule has 3 rings (SSSR count). The Kier molecular flexibility index (Phi) is 6.57. The Morgan fingerprint density at radius 1 is 1.16 bits per heavy atom. The lowest BCUT2D eigenvalue weighted by atomic mass is 9.87. The highest BCUT2D eigenvalue weighted by Crippen LogP contribution is 2.27. The molecule has 1 aromatic heterocycles. The van der Waals surface area contributed by atoms with Crippen molar-refractivity contribution in [1.29, 1.82) is 0 Å². The van der Waals surface area contributed by atoms with Crippen LogP contribution in [-0.4, -0.2) is 29.2 Å². The van der Waals surface area contributed by atoms with Gasteiger partial charge in [0.25, 0.3) is 0 Å². The van der Waals surface area contributed by atoms with Crippen molar-refractivity contribution in [2.24, 2.45) is 5.92 Å². The summed E-state index contributed by atoms with van der Waals surface area (Å²) in [6.45, 7) is 5.58. The molecule has 0 aliphatic heterocycles. The summed E-state index contributed by atoms with van der Waals surface area (Å²) in [6.07, 6.45) is 11.3. The number of hydrogen-bond donors (Lipinski definition) is 1. The van der Waals surface area contributed by atoms with Gasteiger partial charge < -0.3 is 10.1 Å². The first-order valence-electron chi connectivity index (χ1n) is 9.17. The van der Waals surface area contributed by atoms with Crippen LogP contribution in [0.25, 0.3) is 6.08 Å². The molecular weight excluding hydrogens is 310 g/mol. The average molecular weight is 337 g/mol. The van der Waals surface area contributed by atoms with Crippen molar-refractivity contribution in [3.05, 3.63) is 60.6 Å². The summed E-state index contributed by atoms with van der Waals surface area (Å²) >= 11 is 0. The minimum absolute atomic E-state index is 0.419. The Bertz CT molecular complexity index is 651. The molecule has 0 unspecified atom stereocenters. The molecule has 4 heteroatoms. The molecule has 1 aliphatic carbocycles. The molecule has 1 aliphatic rings. The lowest BCUT2D eigenvalue weighted by Crippen LogP contribution is -2.26. The van der Waals surface area contributed by atoms with E-state index in [9.17, 15) is 0 Å². The zero-order valence-electron chi connectivity index (χ0n) is 14.7. The molecule has 1 aromatic carbocycles. The van der Waals surface area contributed by atoms with Crippen LogP contribution in [0.5, 0.6) is 0 Å². The van der Waals surface area contributed by atoms with E-state index in [-0.39, 0.29) is 0 Å². The maximum absolute atomic E-state index is 6.08. The highest BCUT2D eigenvalue weighted by molar-refractivity contribution is 5.60. The first kappa shape index (κ1) is 17.6. The summed E-state index contributed by atoms with van der Waals surface area (Å²) in [5, 5.41) is 3.45. The second-order valence-corrected chi connectivity index (χ2v) is 6.66. The van der Waals surface area contributed by atoms with E-state index >= 15 is 0 Å². The fourth-order valence-electron chi connectivity index (χ4n) is 3.37. The van der Waals surface area contributed by atoms with Gasteiger partial charge in [-0.05, 0) is 43.6 Å². The fraction of sp³-hybridized carbons (Fsp3) is 0.429. The molecule has 0 bridgehead atoms. The van der Waals surface area contributed by atoms with Gasteiger partial charge in [0, 0.05) is 18.3 Å². The van der Waals surface area contributed by atoms with Crippen molar-refractivity contribution in [2.45, 2.75) is 38.2 Å². The van der Waals surface area contributed by atoms with Gasteiger partial charge in [-0.2, -0.15) is 0 Å². The van der Waals surface area contributed by atoms with E-state index in [0.717, 1.165) is 43.8 Å². The number of nitrogens with one attached hydrogen (secondary N) is 1. The van der Waals surface area contributed by atoms with Gasteiger partial charge in [0.1, 0.15) is 12.1 Å². The molecule has 0 radical (unpaired) electrons. The number of hydrogen-bond acceptors (Lipinski definition) is 4. The van der Waals surface area contributed by atoms with Crippen LogP contribution >= 0.6 is 0 Å². The van der Waals surface area contributed by atoms with Crippen LogP contribution in [0, 0.1) is 5.92 Å². The monoisotopic (exact) mass is 337 g/mol. The normalized spacial score (nSPS) is 20.2. The smallest absolute Gasteiger partial charge is 0.136 e. The molecule has 0 atom stereocenters. The van der Waals surface area contributed by atoms with Crippen LogP contribution in [-0.2, 0) is 11.2 Å². The fourth-order valence-corrected chi connectivity index (χ4v) is 3.37. The number of anilines is 1. The van der Waals surface area contributed by atoms with Crippen molar-refractivity contribution >= 4 is 11.9 Å². The molecule has 132 valence electrons. The Hall–Kier alpha value is -2.20. The van der Waals surface area contributed by atoms with Gasteiger partial charge in [-0.25, -0.2) is 9.97 Å². The van der Waals surface area contributed by atoms with E-state index < -0.39 is 0 Å². The molecule has 1 N–H and O–H groups in total. The van der Waals surface area contributed by atoms with E-state index in [4.69, 9.17) is 4.74 Å². The quantitative estimate of drug-likeness (QED) is 0.778. The Balaban J connectivity index is 1.35. The zero-order chi connectivity index (χ0) is 17.3. The molecule has 0 spiro atoms.